The standard InChI is InChI=1S/C16H25NO4/c1-11(2)8-17(10-16(18)19)9-13-7-15(21-5)14(20-4)6-12(13)3/h6-7,11H,8-10H2,1-5H3,(H,18,19). The monoisotopic (exact) mass is 295 g/mol. The van der Waals surface area contributed by atoms with Crippen LogP contribution in [0.2, 0.25) is 0 Å². The second-order valence-electron chi connectivity index (χ2n) is 5.59. The van der Waals surface area contributed by atoms with Gasteiger partial charge in [0, 0.05) is 13.1 Å². The molecule has 0 aliphatic heterocycles. The smallest absolute Gasteiger partial charge is 0.317 e. The van der Waals surface area contributed by atoms with Crippen molar-refractivity contribution in [2.75, 3.05) is 27.3 Å². The van der Waals surface area contributed by atoms with Gasteiger partial charge in [0.2, 0.25) is 0 Å². The van der Waals surface area contributed by atoms with Gasteiger partial charge in [0.05, 0.1) is 20.8 Å². The minimum Gasteiger partial charge on any atom is -0.493 e. The van der Waals surface area contributed by atoms with Gasteiger partial charge in [-0.3, -0.25) is 9.69 Å². The van der Waals surface area contributed by atoms with E-state index in [0.29, 0.717) is 24.0 Å². The van der Waals surface area contributed by atoms with Crippen LogP contribution >= 0.6 is 0 Å². The molecular weight excluding hydrogens is 270 g/mol. The third-order valence-corrected chi connectivity index (χ3v) is 3.22. The van der Waals surface area contributed by atoms with E-state index in [1.54, 1.807) is 14.2 Å². The fourth-order valence-corrected chi connectivity index (χ4v) is 2.33. The van der Waals surface area contributed by atoms with Crippen molar-refractivity contribution >= 4 is 5.97 Å². The zero-order chi connectivity index (χ0) is 16.0. The highest BCUT2D eigenvalue weighted by Crippen LogP contribution is 2.30. The van der Waals surface area contributed by atoms with Crippen molar-refractivity contribution in [3.8, 4) is 11.5 Å². The fourth-order valence-electron chi connectivity index (χ4n) is 2.33. The van der Waals surface area contributed by atoms with Gasteiger partial charge in [-0.2, -0.15) is 0 Å². The highest BCUT2D eigenvalue weighted by atomic mass is 16.5. The van der Waals surface area contributed by atoms with Crippen LogP contribution in [0.15, 0.2) is 12.1 Å². The summed E-state index contributed by atoms with van der Waals surface area (Å²) >= 11 is 0. The molecule has 0 unspecified atom stereocenters. The van der Waals surface area contributed by atoms with Gasteiger partial charge in [-0.05, 0) is 36.1 Å². The molecule has 5 heteroatoms. The molecule has 0 aromatic heterocycles. The average molecular weight is 295 g/mol. The molecule has 0 aliphatic carbocycles. The van der Waals surface area contributed by atoms with Crippen molar-refractivity contribution in [2.45, 2.75) is 27.3 Å². The molecule has 0 amide bonds. The van der Waals surface area contributed by atoms with Crippen molar-refractivity contribution < 1.29 is 19.4 Å². The van der Waals surface area contributed by atoms with Crippen LogP contribution in [0.4, 0.5) is 0 Å². The Hall–Kier alpha value is -1.75. The summed E-state index contributed by atoms with van der Waals surface area (Å²) in [6, 6.07) is 3.84. The lowest BCUT2D eigenvalue weighted by Gasteiger charge is -2.24. The molecule has 0 fully saturated rings. The van der Waals surface area contributed by atoms with Crippen molar-refractivity contribution in [1.82, 2.24) is 4.90 Å². The minimum absolute atomic E-state index is 0.0337. The van der Waals surface area contributed by atoms with Gasteiger partial charge in [0.1, 0.15) is 0 Å². The van der Waals surface area contributed by atoms with E-state index >= 15 is 0 Å². The number of benzene rings is 1. The Morgan fingerprint density at radius 3 is 2.29 bits per heavy atom. The van der Waals surface area contributed by atoms with Gasteiger partial charge in [0.15, 0.2) is 11.5 Å². The second kappa shape index (κ2) is 7.88. The summed E-state index contributed by atoms with van der Waals surface area (Å²) in [5, 5.41) is 9.04. The second-order valence-corrected chi connectivity index (χ2v) is 5.59. The number of nitrogens with zero attached hydrogens (tertiary/aromatic N) is 1. The van der Waals surface area contributed by atoms with Crippen LogP contribution in [-0.4, -0.2) is 43.3 Å². The molecular formula is C16H25NO4. The molecule has 0 heterocycles. The molecule has 1 N–H and O–H groups in total. The number of carboxylic acid groups (broad SMARTS) is 1. The lowest BCUT2D eigenvalue weighted by Crippen LogP contribution is -2.32. The number of rotatable bonds is 8. The molecule has 0 radical (unpaired) electrons. The summed E-state index contributed by atoms with van der Waals surface area (Å²) in [6.45, 7) is 7.50. The fraction of sp³-hybridized carbons (Fsp3) is 0.562. The van der Waals surface area contributed by atoms with Crippen LogP contribution in [0.5, 0.6) is 11.5 Å². The van der Waals surface area contributed by atoms with Gasteiger partial charge in [-0.25, -0.2) is 0 Å². The first-order chi connectivity index (χ1) is 9.87. The van der Waals surface area contributed by atoms with Gasteiger partial charge in [0.25, 0.3) is 0 Å². The van der Waals surface area contributed by atoms with Gasteiger partial charge >= 0.3 is 5.97 Å². The molecule has 1 aromatic carbocycles. The summed E-state index contributed by atoms with van der Waals surface area (Å²) in [5.74, 6) is 0.948. The van der Waals surface area contributed by atoms with Gasteiger partial charge in [-0.1, -0.05) is 13.8 Å². The van der Waals surface area contributed by atoms with E-state index in [-0.39, 0.29) is 6.54 Å². The third kappa shape index (κ3) is 5.27. The van der Waals surface area contributed by atoms with Crippen molar-refractivity contribution in [3.63, 3.8) is 0 Å². The van der Waals surface area contributed by atoms with E-state index < -0.39 is 5.97 Å². The summed E-state index contributed by atoms with van der Waals surface area (Å²) in [5.41, 5.74) is 2.11. The zero-order valence-corrected chi connectivity index (χ0v) is 13.5. The van der Waals surface area contributed by atoms with E-state index in [9.17, 15) is 4.79 Å². The molecule has 1 rings (SSSR count). The first-order valence-electron chi connectivity index (χ1n) is 7.03. The van der Waals surface area contributed by atoms with Gasteiger partial charge < -0.3 is 14.6 Å². The number of aliphatic carboxylic acids is 1. The first kappa shape index (κ1) is 17.3. The summed E-state index contributed by atoms with van der Waals surface area (Å²) in [7, 11) is 3.20. The Morgan fingerprint density at radius 2 is 1.81 bits per heavy atom. The summed E-state index contributed by atoms with van der Waals surface area (Å²) in [4.78, 5) is 12.9. The molecule has 118 valence electrons. The highest BCUT2D eigenvalue weighted by Gasteiger charge is 2.15. The van der Waals surface area contributed by atoms with Crippen LogP contribution in [0.1, 0.15) is 25.0 Å². The quantitative estimate of drug-likeness (QED) is 0.798. The number of aryl methyl sites for hydroxylation is 1. The maximum atomic E-state index is 11.0. The molecule has 21 heavy (non-hydrogen) atoms. The van der Waals surface area contributed by atoms with Crippen molar-refractivity contribution in [2.24, 2.45) is 5.92 Å². The highest BCUT2D eigenvalue weighted by molar-refractivity contribution is 5.69. The Balaban J connectivity index is 2.99. The lowest BCUT2D eigenvalue weighted by atomic mass is 10.1. The maximum Gasteiger partial charge on any atom is 0.317 e. The average Bonchev–Trinajstić information content (AvgIpc) is 2.38. The lowest BCUT2D eigenvalue weighted by molar-refractivity contribution is -0.138. The Kier molecular flexibility index (Phi) is 6.49. The van der Waals surface area contributed by atoms with Crippen molar-refractivity contribution in [1.29, 1.82) is 0 Å². The van der Waals surface area contributed by atoms with E-state index in [2.05, 4.69) is 13.8 Å². The zero-order valence-electron chi connectivity index (χ0n) is 13.5. The van der Waals surface area contributed by atoms with Crippen LogP contribution in [0.25, 0.3) is 0 Å². The van der Waals surface area contributed by atoms with Crippen LogP contribution < -0.4 is 9.47 Å². The van der Waals surface area contributed by atoms with Crippen LogP contribution in [0.3, 0.4) is 0 Å². The van der Waals surface area contributed by atoms with Crippen LogP contribution in [-0.2, 0) is 11.3 Å². The molecule has 0 saturated heterocycles. The normalized spacial score (nSPS) is 11.0. The molecule has 0 saturated carbocycles. The number of methoxy groups -OCH3 is 2. The first-order valence-corrected chi connectivity index (χ1v) is 7.03. The Bertz CT molecular complexity index is 485. The minimum atomic E-state index is -0.811. The molecule has 0 bridgehead atoms. The molecule has 5 nitrogen and oxygen atoms in total. The maximum absolute atomic E-state index is 11.0. The van der Waals surface area contributed by atoms with E-state index in [1.165, 1.54) is 0 Å². The number of hydrogen-bond acceptors (Lipinski definition) is 4. The molecule has 0 spiro atoms. The summed E-state index contributed by atoms with van der Waals surface area (Å²) in [6.07, 6.45) is 0. The van der Waals surface area contributed by atoms with E-state index in [0.717, 1.165) is 17.7 Å². The van der Waals surface area contributed by atoms with E-state index in [4.69, 9.17) is 14.6 Å². The largest absolute Gasteiger partial charge is 0.493 e. The number of carbonyl (C=O) groups is 1. The number of hydrogen-bond donors (Lipinski definition) is 1. The molecule has 0 aliphatic rings. The van der Waals surface area contributed by atoms with Gasteiger partial charge in [-0.15, -0.1) is 0 Å². The predicted molar refractivity (Wildman–Crippen MR) is 82.0 cm³/mol. The topological polar surface area (TPSA) is 59.0 Å². The molecule has 0 atom stereocenters. The van der Waals surface area contributed by atoms with Crippen molar-refractivity contribution in [3.05, 3.63) is 23.3 Å². The predicted octanol–water partition coefficient (Wildman–Crippen LogP) is 2.55. The van der Waals surface area contributed by atoms with E-state index in [1.807, 2.05) is 24.0 Å². The Morgan fingerprint density at radius 1 is 1.24 bits per heavy atom. The molecule has 1 aromatic rings. The number of carboxylic acids is 1. The summed E-state index contributed by atoms with van der Waals surface area (Å²) < 4.78 is 10.6. The third-order valence-electron chi connectivity index (χ3n) is 3.22. The van der Waals surface area contributed by atoms with Crippen LogP contribution in [0, 0.1) is 12.8 Å². The SMILES string of the molecule is COc1cc(C)c(CN(CC(=O)O)CC(C)C)cc1OC. The Labute approximate surface area is 126 Å². The number of ether oxygens (including phenoxy) is 2.